The van der Waals surface area contributed by atoms with Gasteiger partial charge in [0, 0.05) is 24.7 Å². The number of nitrogens with one attached hydrogen (secondary N) is 2. The molecule has 9 heteroatoms. The molecule has 2 aromatic carbocycles. The summed E-state index contributed by atoms with van der Waals surface area (Å²) in [7, 11) is 0. The largest absolute Gasteiger partial charge is 0.457 e. The van der Waals surface area contributed by atoms with E-state index < -0.39 is 0 Å². The average Bonchev–Trinajstić information content (AvgIpc) is 3.29. The minimum absolute atomic E-state index is 0.205. The molecule has 2 heterocycles. The summed E-state index contributed by atoms with van der Waals surface area (Å²) in [5.74, 6) is 0.669. The molecule has 1 aliphatic heterocycles. The van der Waals surface area contributed by atoms with Crippen molar-refractivity contribution in [1.82, 2.24) is 5.32 Å². The lowest BCUT2D eigenvalue weighted by Crippen LogP contribution is -2.37. The third-order valence-electron chi connectivity index (χ3n) is 4.98. The Hall–Kier alpha value is -2.84. The normalized spacial score (nSPS) is 13.8. The second kappa shape index (κ2) is 10.9. The molecule has 33 heavy (non-hydrogen) atoms. The first-order chi connectivity index (χ1) is 16.0. The van der Waals surface area contributed by atoms with E-state index in [4.69, 9.17) is 44.6 Å². The van der Waals surface area contributed by atoms with Gasteiger partial charge in [-0.3, -0.25) is 10.1 Å². The Morgan fingerprint density at radius 1 is 1.03 bits per heavy atom. The second-order valence-electron chi connectivity index (χ2n) is 7.20. The summed E-state index contributed by atoms with van der Waals surface area (Å²) in [5.41, 5.74) is 2.51. The standard InChI is InChI=1S/C24H21Cl2N3O3S/c25-18-5-3-4-17(23(18)26)21-10-8-16(32-21)9-11-22(30)28-24(33)27-19-6-1-2-7-20(19)29-12-14-31-15-13-29/h1-11H,12-15H2,(H2,27,28,30,33). The fourth-order valence-corrected chi connectivity index (χ4v) is 4.01. The van der Waals surface area contributed by atoms with Crippen molar-refractivity contribution in [3.63, 3.8) is 0 Å². The number of morpholine rings is 1. The fourth-order valence-electron chi connectivity index (χ4n) is 3.41. The van der Waals surface area contributed by atoms with E-state index >= 15 is 0 Å². The number of anilines is 2. The number of carbonyl (C=O) groups is 1. The van der Waals surface area contributed by atoms with Gasteiger partial charge in [0.1, 0.15) is 11.5 Å². The first kappa shape index (κ1) is 23.3. The van der Waals surface area contributed by atoms with Gasteiger partial charge >= 0.3 is 0 Å². The van der Waals surface area contributed by atoms with Gasteiger partial charge in [-0.15, -0.1) is 0 Å². The highest BCUT2D eigenvalue weighted by molar-refractivity contribution is 7.80. The first-order valence-electron chi connectivity index (χ1n) is 10.3. The molecule has 0 radical (unpaired) electrons. The minimum atomic E-state index is -0.380. The summed E-state index contributed by atoms with van der Waals surface area (Å²) in [6.45, 7) is 2.95. The van der Waals surface area contributed by atoms with Crippen LogP contribution in [0.4, 0.5) is 11.4 Å². The topological polar surface area (TPSA) is 66.7 Å². The highest BCUT2D eigenvalue weighted by atomic mass is 35.5. The number of hydrogen-bond acceptors (Lipinski definition) is 5. The summed E-state index contributed by atoms with van der Waals surface area (Å²) in [6.07, 6.45) is 2.91. The summed E-state index contributed by atoms with van der Waals surface area (Å²) >= 11 is 17.6. The van der Waals surface area contributed by atoms with Crippen LogP contribution in [-0.4, -0.2) is 37.3 Å². The third kappa shape index (κ3) is 5.94. The first-order valence-corrected chi connectivity index (χ1v) is 11.4. The molecule has 1 aromatic heterocycles. The van der Waals surface area contributed by atoms with Crippen LogP contribution in [0.25, 0.3) is 17.4 Å². The molecule has 1 saturated heterocycles. The van der Waals surface area contributed by atoms with Gasteiger partial charge in [-0.25, -0.2) is 0 Å². The molecule has 0 unspecified atom stereocenters. The van der Waals surface area contributed by atoms with E-state index in [2.05, 4.69) is 15.5 Å². The van der Waals surface area contributed by atoms with E-state index in [9.17, 15) is 4.79 Å². The number of rotatable bonds is 5. The number of amides is 1. The highest BCUT2D eigenvalue weighted by Crippen LogP contribution is 2.34. The number of ether oxygens (including phenoxy) is 1. The fraction of sp³-hybridized carbons (Fsp3) is 0.167. The van der Waals surface area contributed by atoms with Crippen molar-refractivity contribution < 1.29 is 13.9 Å². The molecule has 1 amide bonds. The Balaban J connectivity index is 1.36. The maximum absolute atomic E-state index is 12.3. The van der Waals surface area contributed by atoms with Gasteiger partial charge in [0.15, 0.2) is 5.11 Å². The summed E-state index contributed by atoms with van der Waals surface area (Å²) < 4.78 is 11.2. The van der Waals surface area contributed by atoms with Gasteiger partial charge in [-0.2, -0.15) is 0 Å². The maximum Gasteiger partial charge on any atom is 0.250 e. The monoisotopic (exact) mass is 501 g/mol. The van der Waals surface area contributed by atoms with Crippen molar-refractivity contribution in [2.45, 2.75) is 0 Å². The van der Waals surface area contributed by atoms with Crippen LogP contribution in [0.3, 0.4) is 0 Å². The Kier molecular flexibility index (Phi) is 7.67. The van der Waals surface area contributed by atoms with Crippen LogP contribution in [-0.2, 0) is 9.53 Å². The number of para-hydroxylation sites is 2. The number of carbonyl (C=O) groups excluding carboxylic acids is 1. The molecular formula is C24H21Cl2N3O3S. The zero-order valence-electron chi connectivity index (χ0n) is 17.5. The molecule has 6 nitrogen and oxygen atoms in total. The summed E-state index contributed by atoms with van der Waals surface area (Å²) in [4.78, 5) is 14.6. The lowest BCUT2D eigenvalue weighted by molar-refractivity contribution is -0.115. The van der Waals surface area contributed by atoms with Crippen molar-refractivity contribution in [2.24, 2.45) is 0 Å². The van der Waals surface area contributed by atoms with Crippen LogP contribution in [0, 0.1) is 0 Å². The molecule has 2 N–H and O–H groups in total. The van der Waals surface area contributed by atoms with Gasteiger partial charge in [0.05, 0.1) is 34.6 Å². The van der Waals surface area contributed by atoms with Gasteiger partial charge in [-0.1, -0.05) is 41.4 Å². The van der Waals surface area contributed by atoms with Crippen LogP contribution in [0.15, 0.2) is 65.1 Å². The smallest absolute Gasteiger partial charge is 0.250 e. The number of benzene rings is 2. The van der Waals surface area contributed by atoms with Crippen molar-refractivity contribution in [2.75, 3.05) is 36.5 Å². The van der Waals surface area contributed by atoms with Crippen LogP contribution in [0.1, 0.15) is 5.76 Å². The molecule has 0 bridgehead atoms. The molecule has 4 rings (SSSR count). The number of hydrogen-bond donors (Lipinski definition) is 2. The molecule has 170 valence electrons. The molecule has 1 fully saturated rings. The average molecular weight is 502 g/mol. The molecule has 0 atom stereocenters. The molecule has 0 aliphatic carbocycles. The van der Waals surface area contributed by atoms with Crippen LogP contribution >= 0.6 is 35.4 Å². The summed E-state index contributed by atoms with van der Waals surface area (Å²) in [6, 6.07) is 16.6. The zero-order chi connectivity index (χ0) is 23.2. The second-order valence-corrected chi connectivity index (χ2v) is 8.39. The van der Waals surface area contributed by atoms with Crippen molar-refractivity contribution >= 4 is 63.9 Å². The number of nitrogens with zero attached hydrogens (tertiary/aromatic N) is 1. The Morgan fingerprint density at radius 3 is 2.64 bits per heavy atom. The van der Waals surface area contributed by atoms with E-state index in [1.807, 2.05) is 30.3 Å². The quantitative estimate of drug-likeness (QED) is 0.349. The molecule has 3 aromatic rings. The SMILES string of the molecule is O=C(C=Cc1ccc(-c2cccc(Cl)c2Cl)o1)NC(=S)Nc1ccccc1N1CCOCC1. The molecule has 1 aliphatic rings. The Morgan fingerprint density at radius 2 is 1.82 bits per heavy atom. The van der Waals surface area contributed by atoms with Gasteiger partial charge in [0.2, 0.25) is 5.91 Å². The molecule has 0 spiro atoms. The molecule has 0 saturated carbocycles. The Bertz CT molecular complexity index is 1190. The van der Waals surface area contributed by atoms with Gasteiger partial charge < -0.3 is 19.4 Å². The van der Waals surface area contributed by atoms with Crippen molar-refractivity contribution in [3.8, 4) is 11.3 Å². The van der Waals surface area contributed by atoms with Crippen LogP contribution < -0.4 is 15.5 Å². The highest BCUT2D eigenvalue weighted by Gasteiger charge is 2.15. The van der Waals surface area contributed by atoms with Crippen molar-refractivity contribution in [3.05, 3.63) is 76.5 Å². The van der Waals surface area contributed by atoms with Gasteiger partial charge in [0.25, 0.3) is 0 Å². The van der Waals surface area contributed by atoms with E-state index in [0.29, 0.717) is 40.3 Å². The van der Waals surface area contributed by atoms with E-state index in [-0.39, 0.29) is 11.0 Å². The number of halogens is 2. The van der Waals surface area contributed by atoms with Gasteiger partial charge in [-0.05, 0) is 54.7 Å². The third-order valence-corrected chi connectivity index (χ3v) is 6.01. The maximum atomic E-state index is 12.3. The minimum Gasteiger partial charge on any atom is -0.457 e. The van der Waals surface area contributed by atoms with Crippen molar-refractivity contribution in [1.29, 1.82) is 0 Å². The summed E-state index contributed by atoms with van der Waals surface area (Å²) in [5, 5.41) is 6.82. The molecular weight excluding hydrogens is 481 g/mol. The van der Waals surface area contributed by atoms with E-state index in [0.717, 1.165) is 24.5 Å². The number of thiocarbonyl (C=S) groups is 1. The van der Waals surface area contributed by atoms with E-state index in [1.54, 1.807) is 30.3 Å². The number of furan rings is 1. The lowest BCUT2D eigenvalue weighted by Gasteiger charge is -2.30. The Labute approximate surface area is 207 Å². The zero-order valence-corrected chi connectivity index (χ0v) is 19.8. The predicted octanol–water partition coefficient (Wildman–Crippen LogP) is 5.62. The van der Waals surface area contributed by atoms with Crippen LogP contribution in [0.5, 0.6) is 0 Å². The van der Waals surface area contributed by atoms with E-state index in [1.165, 1.54) is 6.08 Å². The predicted molar refractivity (Wildman–Crippen MR) is 137 cm³/mol. The van der Waals surface area contributed by atoms with Crippen LogP contribution in [0.2, 0.25) is 10.0 Å². The lowest BCUT2D eigenvalue weighted by atomic mass is 10.2.